The number of nitrogens with zero attached hydrogens (tertiary/aromatic N) is 5. The lowest BCUT2D eigenvalue weighted by Gasteiger charge is -2.35. The Labute approximate surface area is 224 Å². The van der Waals surface area contributed by atoms with Crippen LogP contribution in [0, 0.1) is 5.82 Å². The molecule has 1 fully saturated rings. The number of alkyl halides is 1. The number of nitrogens with one attached hydrogen (secondary N) is 2. The van der Waals surface area contributed by atoms with E-state index in [2.05, 4.69) is 15.6 Å². The van der Waals surface area contributed by atoms with Gasteiger partial charge in [-0.25, -0.2) is 18.7 Å². The van der Waals surface area contributed by atoms with Gasteiger partial charge in [-0.15, -0.1) is 0 Å². The van der Waals surface area contributed by atoms with E-state index in [-0.39, 0.29) is 24.7 Å². The Morgan fingerprint density at radius 3 is 2.87 bits per heavy atom. The second-order valence-electron chi connectivity index (χ2n) is 10.3. The molecule has 1 aromatic carbocycles. The molecule has 2 aliphatic heterocycles. The third kappa shape index (κ3) is 4.68. The van der Waals surface area contributed by atoms with Crippen molar-refractivity contribution in [1.82, 2.24) is 24.6 Å². The molecular weight excluding hydrogens is 504 g/mol. The number of benzene rings is 1. The van der Waals surface area contributed by atoms with Crippen molar-refractivity contribution in [2.24, 2.45) is 0 Å². The van der Waals surface area contributed by atoms with Crippen LogP contribution in [-0.4, -0.2) is 69.7 Å². The number of amides is 1. The number of fused-ring (bicyclic) bond motifs is 2. The molecule has 0 radical (unpaired) electrons. The SMILES string of the molecule is CN(C)Cc1nc(Nc2ccc(-c3cnc4cc(F)ccn34)c3c2C(=O)NC3)ccc1N1CC[C@H](F)[C@@H](O)C1. The maximum Gasteiger partial charge on any atom is 0.254 e. The van der Waals surface area contributed by atoms with E-state index in [9.17, 15) is 18.7 Å². The van der Waals surface area contributed by atoms with Crippen LogP contribution in [0.25, 0.3) is 16.9 Å². The van der Waals surface area contributed by atoms with Gasteiger partial charge in [0.05, 0.1) is 34.5 Å². The molecule has 6 rings (SSSR count). The van der Waals surface area contributed by atoms with Gasteiger partial charge in [-0.1, -0.05) is 6.07 Å². The first-order valence-corrected chi connectivity index (χ1v) is 12.8. The van der Waals surface area contributed by atoms with Crippen LogP contribution in [0.15, 0.2) is 48.8 Å². The highest BCUT2D eigenvalue weighted by atomic mass is 19.1. The number of piperidine rings is 1. The average molecular weight is 534 g/mol. The lowest BCUT2D eigenvalue weighted by molar-refractivity contribution is 0.0644. The molecule has 9 nitrogen and oxygen atoms in total. The number of imidazole rings is 1. The number of β-amino-alcohol motifs (C(OH)–C–C–N with tert-alkyl or cyclic N) is 1. The van der Waals surface area contributed by atoms with Gasteiger partial charge in [0.25, 0.3) is 5.91 Å². The van der Waals surface area contributed by atoms with Crippen molar-refractivity contribution in [3.8, 4) is 11.3 Å². The molecule has 0 bridgehead atoms. The molecule has 2 atom stereocenters. The molecule has 3 aromatic heterocycles. The molecule has 39 heavy (non-hydrogen) atoms. The maximum absolute atomic E-state index is 13.9. The van der Waals surface area contributed by atoms with Crippen LogP contribution >= 0.6 is 0 Å². The summed E-state index contributed by atoms with van der Waals surface area (Å²) in [5, 5.41) is 16.3. The third-order valence-electron chi connectivity index (χ3n) is 7.24. The Bertz CT molecular complexity index is 1570. The van der Waals surface area contributed by atoms with Gasteiger partial charge in [-0.3, -0.25) is 9.20 Å². The molecule has 5 heterocycles. The molecular formula is C28H29F2N7O2. The number of hydrogen-bond donors (Lipinski definition) is 3. The van der Waals surface area contributed by atoms with E-state index < -0.39 is 12.3 Å². The number of aliphatic hydroxyl groups excluding tert-OH is 1. The van der Waals surface area contributed by atoms with Crippen molar-refractivity contribution in [1.29, 1.82) is 0 Å². The number of aliphatic hydroxyl groups is 1. The standard InChI is InChI=1S/C28H29F2N7O2/c1-35(2)14-21-22(36-9-8-19(30)24(38)15-36)5-6-25(34-21)33-20-4-3-17(18-12-32-28(39)27(18)20)23-13-31-26-11-16(29)7-10-37(23)26/h3-7,10-11,13,19,24,38H,8-9,12,14-15H2,1-2H3,(H,32,39)(H,33,34)/t19-,24-/m0/s1. The van der Waals surface area contributed by atoms with E-state index in [1.54, 1.807) is 16.8 Å². The fourth-order valence-corrected chi connectivity index (χ4v) is 5.37. The minimum Gasteiger partial charge on any atom is -0.388 e. The second-order valence-corrected chi connectivity index (χ2v) is 10.3. The zero-order chi connectivity index (χ0) is 27.3. The smallest absolute Gasteiger partial charge is 0.254 e. The van der Waals surface area contributed by atoms with E-state index in [0.29, 0.717) is 42.4 Å². The fraction of sp³-hybridized carbons (Fsp3) is 0.321. The first kappa shape index (κ1) is 25.2. The zero-order valence-corrected chi connectivity index (χ0v) is 21.7. The highest BCUT2D eigenvalue weighted by Gasteiger charge is 2.30. The fourth-order valence-electron chi connectivity index (χ4n) is 5.37. The van der Waals surface area contributed by atoms with E-state index in [4.69, 9.17) is 4.98 Å². The Morgan fingerprint density at radius 2 is 2.08 bits per heavy atom. The number of halogens is 2. The average Bonchev–Trinajstić information content (AvgIpc) is 3.49. The summed E-state index contributed by atoms with van der Waals surface area (Å²) >= 11 is 0. The Balaban J connectivity index is 1.35. The Kier molecular flexibility index (Phi) is 6.40. The van der Waals surface area contributed by atoms with Crippen molar-refractivity contribution in [2.75, 3.05) is 37.4 Å². The summed E-state index contributed by atoms with van der Waals surface area (Å²) in [4.78, 5) is 26.1. The minimum atomic E-state index is -1.22. The van der Waals surface area contributed by atoms with Crippen molar-refractivity contribution in [2.45, 2.75) is 31.8 Å². The van der Waals surface area contributed by atoms with Crippen molar-refractivity contribution >= 4 is 28.7 Å². The lowest BCUT2D eigenvalue weighted by Crippen LogP contribution is -2.45. The number of carbonyl (C=O) groups is 1. The van der Waals surface area contributed by atoms with Crippen LogP contribution in [-0.2, 0) is 13.1 Å². The van der Waals surface area contributed by atoms with Gasteiger partial charge in [0.1, 0.15) is 29.6 Å². The van der Waals surface area contributed by atoms with Crippen molar-refractivity contribution in [3.63, 3.8) is 0 Å². The number of aromatic nitrogens is 3. The molecule has 2 aliphatic rings. The Hall–Kier alpha value is -4.09. The molecule has 0 spiro atoms. The van der Waals surface area contributed by atoms with Gasteiger partial charge in [0, 0.05) is 44.0 Å². The van der Waals surface area contributed by atoms with Crippen molar-refractivity contribution in [3.05, 3.63) is 71.4 Å². The number of rotatable bonds is 6. The number of pyridine rings is 2. The molecule has 1 amide bonds. The van der Waals surface area contributed by atoms with E-state index >= 15 is 0 Å². The van der Waals surface area contributed by atoms with Gasteiger partial charge >= 0.3 is 0 Å². The second kappa shape index (κ2) is 9.90. The first-order chi connectivity index (χ1) is 18.8. The minimum absolute atomic E-state index is 0.192. The maximum atomic E-state index is 13.9. The lowest BCUT2D eigenvalue weighted by atomic mass is 9.99. The summed E-state index contributed by atoms with van der Waals surface area (Å²) in [6, 6.07) is 10.3. The highest BCUT2D eigenvalue weighted by Crippen LogP contribution is 2.36. The monoisotopic (exact) mass is 533 g/mol. The van der Waals surface area contributed by atoms with Crippen LogP contribution in [0.4, 0.5) is 26.0 Å². The first-order valence-electron chi connectivity index (χ1n) is 12.8. The molecule has 202 valence electrons. The highest BCUT2D eigenvalue weighted by molar-refractivity contribution is 6.06. The number of carbonyl (C=O) groups excluding carboxylic acids is 1. The Morgan fingerprint density at radius 1 is 1.23 bits per heavy atom. The molecule has 0 saturated carbocycles. The van der Waals surface area contributed by atoms with Crippen LogP contribution < -0.4 is 15.5 Å². The van der Waals surface area contributed by atoms with Crippen molar-refractivity contribution < 1.29 is 18.7 Å². The quantitative estimate of drug-likeness (QED) is 0.349. The van der Waals surface area contributed by atoms with Crippen LogP contribution in [0.1, 0.15) is 28.0 Å². The molecule has 4 aromatic rings. The van der Waals surface area contributed by atoms with Crippen LogP contribution in [0.5, 0.6) is 0 Å². The van der Waals surface area contributed by atoms with Gasteiger partial charge in [-0.2, -0.15) is 0 Å². The molecule has 3 N–H and O–H groups in total. The van der Waals surface area contributed by atoms with Crippen LogP contribution in [0.3, 0.4) is 0 Å². The predicted octanol–water partition coefficient (Wildman–Crippen LogP) is 3.49. The normalized spacial score (nSPS) is 19.0. The number of hydrogen-bond acceptors (Lipinski definition) is 7. The van der Waals surface area contributed by atoms with Gasteiger partial charge in [0.2, 0.25) is 0 Å². The largest absolute Gasteiger partial charge is 0.388 e. The van der Waals surface area contributed by atoms with Gasteiger partial charge in [-0.05, 0) is 50.3 Å². The van der Waals surface area contributed by atoms with Gasteiger partial charge < -0.3 is 25.5 Å². The van der Waals surface area contributed by atoms with E-state index in [0.717, 1.165) is 28.2 Å². The zero-order valence-electron chi connectivity index (χ0n) is 21.7. The molecule has 0 aliphatic carbocycles. The summed E-state index contributed by atoms with van der Waals surface area (Å²) < 4.78 is 29.4. The molecule has 0 unspecified atom stereocenters. The predicted molar refractivity (Wildman–Crippen MR) is 144 cm³/mol. The summed E-state index contributed by atoms with van der Waals surface area (Å²) in [5.41, 5.74) is 5.68. The number of anilines is 3. The summed E-state index contributed by atoms with van der Waals surface area (Å²) in [5.74, 6) is 0.00962. The van der Waals surface area contributed by atoms with E-state index in [1.807, 2.05) is 48.2 Å². The van der Waals surface area contributed by atoms with E-state index in [1.165, 1.54) is 12.1 Å². The topological polar surface area (TPSA) is 98.0 Å². The van der Waals surface area contributed by atoms with Crippen LogP contribution in [0.2, 0.25) is 0 Å². The summed E-state index contributed by atoms with van der Waals surface area (Å²) in [6.45, 7) is 1.61. The molecule has 1 saturated heterocycles. The summed E-state index contributed by atoms with van der Waals surface area (Å²) in [7, 11) is 3.89. The molecule has 11 heteroatoms. The summed E-state index contributed by atoms with van der Waals surface area (Å²) in [6.07, 6.45) is 1.32. The van der Waals surface area contributed by atoms with Gasteiger partial charge in [0.15, 0.2) is 0 Å². The third-order valence-corrected chi connectivity index (χ3v) is 7.24.